The Morgan fingerprint density at radius 2 is 2.08 bits per heavy atom. The molecule has 2 rings (SSSR count). The lowest BCUT2D eigenvalue weighted by molar-refractivity contribution is 1.01. The average molecular weight is 237 g/mol. The molecule has 1 fully saturated rings. The van der Waals surface area contributed by atoms with Crippen molar-refractivity contribution >= 4 is 15.9 Å². The van der Waals surface area contributed by atoms with E-state index in [0.29, 0.717) is 5.92 Å². The average Bonchev–Trinajstić information content (AvgIpc) is 2.81. The maximum atomic E-state index is 4.02. The first-order valence-corrected chi connectivity index (χ1v) is 5.34. The highest BCUT2D eigenvalue weighted by Gasteiger charge is 2.53. The number of rotatable bonds is 2. The Hall–Kier alpha value is -0.560. The van der Waals surface area contributed by atoms with Gasteiger partial charge >= 0.3 is 0 Å². The normalized spacial score (nSPS) is 31.4. The molecule has 1 heteroatoms. The fourth-order valence-corrected chi connectivity index (χ4v) is 2.37. The topological polar surface area (TPSA) is 0 Å². The second kappa shape index (κ2) is 2.98. The number of benzene rings is 1. The molecule has 0 radical (unpaired) electrons. The van der Waals surface area contributed by atoms with Crippen LogP contribution in [0.3, 0.4) is 0 Å². The molecule has 0 spiro atoms. The molecular weight excluding hydrogens is 224 g/mol. The zero-order valence-electron chi connectivity index (χ0n) is 7.76. The van der Waals surface area contributed by atoms with Gasteiger partial charge < -0.3 is 0 Å². The van der Waals surface area contributed by atoms with Crippen molar-refractivity contribution in [1.82, 2.24) is 0 Å². The summed E-state index contributed by atoms with van der Waals surface area (Å²) in [7, 11) is 0. The van der Waals surface area contributed by atoms with Crippen LogP contribution < -0.4 is 0 Å². The molecule has 13 heavy (non-hydrogen) atoms. The Morgan fingerprint density at radius 3 is 2.54 bits per heavy atom. The Bertz CT molecular complexity index is 328. The molecule has 1 saturated carbocycles. The summed E-state index contributed by atoms with van der Waals surface area (Å²) in [5.74, 6) is 0.631. The summed E-state index contributed by atoms with van der Waals surface area (Å²) >= 11 is 3.76. The zero-order chi connectivity index (χ0) is 9.47. The molecule has 0 N–H and O–H groups in total. The predicted octanol–water partition coefficient (Wildman–Crippen LogP) is 3.88. The second-order valence-corrected chi connectivity index (χ2v) is 5.23. The van der Waals surface area contributed by atoms with E-state index in [-0.39, 0.29) is 4.32 Å². The standard InChI is InChI=1S/C12H13Br/c1-9(2)12(13)8-11(12)10-6-4-3-5-7-10/h3-7,11H,1,8H2,2H3/t11-,12+/m1/s1. The molecular formula is C12H13Br. The Balaban J connectivity index is 2.21. The lowest BCUT2D eigenvalue weighted by Gasteiger charge is -2.08. The largest absolute Gasteiger partial charge is 0.0987 e. The molecule has 0 heterocycles. The van der Waals surface area contributed by atoms with Gasteiger partial charge in [-0.3, -0.25) is 0 Å². The van der Waals surface area contributed by atoms with Gasteiger partial charge in [0.2, 0.25) is 0 Å². The first-order chi connectivity index (χ1) is 6.14. The Kier molecular flexibility index (Phi) is 2.07. The van der Waals surface area contributed by atoms with E-state index in [1.54, 1.807) is 0 Å². The van der Waals surface area contributed by atoms with E-state index >= 15 is 0 Å². The van der Waals surface area contributed by atoms with Crippen molar-refractivity contribution in [2.75, 3.05) is 0 Å². The summed E-state index contributed by atoms with van der Waals surface area (Å²) in [5, 5.41) is 0. The van der Waals surface area contributed by atoms with Gasteiger partial charge in [-0.2, -0.15) is 0 Å². The SMILES string of the molecule is C=C(C)[C@@]1(Br)C[C@@H]1c1ccccc1. The maximum Gasteiger partial charge on any atom is 0.0536 e. The lowest BCUT2D eigenvalue weighted by atomic mass is 10.1. The minimum absolute atomic E-state index is 0.189. The van der Waals surface area contributed by atoms with Crippen LogP contribution in [0.5, 0.6) is 0 Å². The lowest BCUT2D eigenvalue weighted by Crippen LogP contribution is -2.01. The van der Waals surface area contributed by atoms with E-state index in [1.807, 2.05) is 0 Å². The van der Waals surface area contributed by atoms with Gasteiger partial charge in [-0.15, -0.1) is 0 Å². The number of halogens is 1. The minimum Gasteiger partial charge on any atom is -0.0987 e. The van der Waals surface area contributed by atoms with E-state index in [2.05, 4.69) is 59.8 Å². The van der Waals surface area contributed by atoms with Crippen LogP contribution in [-0.4, -0.2) is 4.32 Å². The summed E-state index contributed by atoms with van der Waals surface area (Å²) in [4.78, 5) is 0. The third kappa shape index (κ3) is 1.46. The molecule has 1 aliphatic carbocycles. The Morgan fingerprint density at radius 1 is 1.46 bits per heavy atom. The van der Waals surface area contributed by atoms with Gasteiger partial charge in [0.25, 0.3) is 0 Å². The van der Waals surface area contributed by atoms with Crippen molar-refractivity contribution in [2.24, 2.45) is 0 Å². The van der Waals surface area contributed by atoms with Crippen LogP contribution in [-0.2, 0) is 0 Å². The maximum absolute atomic E-state index is 4.02. The fourth-order valence-electron chi connectivity index (χ4n) is 1.78. The Labute approximate surface area is 87.8 Å². The summed E-state index contributed by atoms with van der Waals surface area (Å²) in [6, 6.07) is 10.6. The molecule has 0 nitrogen and oxygen atoms in total. The molecule has 0 amide bonds. The molecule has 0 aromatic heterocycles. The molecule has 0 saturated heterocycles. The van der Waals surface area contributed by atoms with Crippen molar-refractivity contribution in [3.05, 3.63) is 48.0 Å². The molecule has 1 aromatic rings. The van der Waals surface area contributed by atoms with Crippen molar-refractivity contribution in [3.8, 4) is 0 Å². The quantitative estimate of drug-likeness (QED) is 0.540. The van der Waals surface area contributed by atoms with E-state index in [0.717, 1.165) is 0 Å². The van der Waals surface area contributed by atoms with Crippen LogP contribution in [0.4, 0.5) is 0 Å². The third-order valence-electron chi connectivity index (χ3n) is 2.80. The smallest absolute Gasteiger partial charge is 0.0536 e. The van der Waals surface area contributed by atoms with E-state index in [1.165, 1.54) is 17.6 Å². The van der Waals surface area contributed by atoms with Crippen molar-refractivity contribution < 1.29 is 0 Å². The van der Waals surface area contributed by atoms with E-state index in [4.69, 9.17) is 0 Å². The first-order valence-electron chi connectivity index (χ1n) is 4.54. The van der Waals surface area contributed by atoms with Gasteiger partial charge in [0, 0.05) is 5.92 Å². The summed E-state index contributed by atoms with van der Waals surface area (Å²) < 4.78 is 0.189. The summed E-state index contributed by atoms with van der Waals surface area (Å²) in [6.07, 6.45) is 1.19. The number of allylic oxidation sites excluding steroid dienone is 1. The zero-order valence-corrected chi connectivity index (χ0v) is 9.34. The molecule has 0 bridgehead atoms. The van der Waals surface area contributed by atoms with Crippen LogP contribution >= 0.6 is 15.9 Å². The van der Waals surface area contributed by atoms with Crippen LogP contribution in [0.25, 0.3) is 0 Å². The van der Waals surface area contributed by atoms with Gasteiger partial charge in [0.1, 0.15) is 0 Å². The van der Waals surface area contributed by atoms with Gasteiger partial charge in [-0.25, -0.2) is 0 Å². The molecule has 68 valence electrons. The minimum atomic E-state index is 0.189. The fraction of sp³-hybridized carbons (Fsp3) is 0.333. The molecule has 0 unspecified atom stereocenters. The van der Waals surface area contributed by atoms with Gasteiger partial charge in [-0.05, 0) is 18.9 Å². The molecule has 1 aliphatic rings. The van der Waals surface area contributed by atoms with Crippen molar-refractivity contribution in [2.45, 2.75) is 23.6 Å². The van der Waals surface area contributed by atoms with E-state index < -0.39 is 0 Å². The second-order valence-electron chi connectivity index (χ2n) is 3.81. The highest BCUT2D eigenvalue weighted by Crippen LogP contribution is 2.61. The predicted molar refractivity (Wildman–Crippen MR) is 60.3 cm³/mol. The molecule has 1 aromatic carbocycles. The van der Waals surface area contributed by atoms with Gasteiger partial charge in [-0.1, -0.05) is 58.4 Å². The molecule has 2 atom stereocenters. The van der Waals surface area contributed by atoms with Crippen LogP contribution in [0.1, 0.15) is 24.8 Å². The van der Waals surface area contributed by atoms with Gasteiger partial charge in [0.05, 0.1) is 4.32 Å². The monoisotopic (exact) mass is 236 g/mol. The number of hydrogen-bond acceptors (Lipinski definition) is 0. The highest BCUT2D eigenvalue weighted by atomic mass is 79.9. The third-order valence-corrected chi connectivity index (χ3v) is 4.36. The first kappa shape index (κ1) is 9.01. The van der Waals surface area contributed by atoms with Crippen molar-refractivity contribution in [1.29, 1.82) is 0 Å². The highest BCUT2D eigenvalue weighted by molar-refractivity contribution is 9.10. The number of hydrogen-bond donors (Lipinski definition) is 0. The van der Waals surface area contributed by atoms with Crippen LogP contribution in [0, 0.1) is 0 Å². The van der Waals surface area contributed by atoms with Crippen LogP contribution in [0.15, 0.2) is 42.5 Å². The van der Waals surface area contributed by atoms with Crippen molar-refractivity contribution in [3.63, 3.8) is 0 Å². The van der Waals surface area contributed by atoms with Gasteiger partial charge in [0.15, 0.2) is 0 Å². The summed E-state index contributed by atoms with van der Waals surface area (Å²) in [5.41, 5.74) is 2.66. The number of alkyl halides is 1. The van der Waals surface area contributed by atoms with Crippen LogP contribution in [0.2, 0.25) is 0 Å². The summed E-state index contributed by atoms with van der Waals surface area (Å²) in [6.45, 7) is 6.11. The van der Waals surface area contributed by atoms with E-state index in [9.17, 15) is 0 Å². The molecule has 0 aliphatic heterocycles.